The fourth-order valence-electron chi connectivity index (χ4n) is 3.25. The van der Waals surface area contributed by atoms with Crippen molar-refractivity contribution < 1.29 is 19.4 Å². The van der Waals surface area contributed by atoms with E-state index < -0.39 is 17.9 Å². The lowest BCUT2D eigenvalue weighted by atomic mass is 9.90. The Kier molecular flexibility index (Phi) is 3.48. The average molecular weight is 299 g/mol. The van der Waals surface area contributed by atoms with E-state index in [0.717, 1.165) is 22.1 Å². The van der Waals surface area contributed by atoms with E-state index in [4.69, 9.17) is 4.74 Å². The standard InChI is InChI=1S/C17H17NO4/c1-18-15(19)9-13(17(20)21)16(18)12-7-8-14(22-2)11-6-4-3-5-10(11)12/h3-8,13,16H,9H2,1-2H3,(H,20,21)/t13-,16-/m1/s1. The third-order valence-corrected chi connectivity index (χ3v) is 4.36. The highest BCUT2D eigenvalue weighted by Gasteiger charge is 2.43. The molecule has 0 bridgehead atoms. The second-order valence-corrected chi connectivity index (χ2v) is 5.50. The summed E-state index contributed by atoms with van der Waals surface area (Å²) in [7, 11) is 3.27. The van der Waals surface area contributed by atoms with Crippen LogP contribution in [-0.2, 0) is 9.59 Å². The minimum atomic E-state index is -0.942. The number of fused-ring (bicyclic) bond motifs is 1. The highest BCUT2D eigenvalue weighted by Crippen LogP contribution is 2.41. The van der Waals surface area contributed by atoms with E-state index in [9.17, 15) is 14.7 Å². The molecular formula is C17H17NO4. The minimum Gasteiger partial charge on any atom is -0.496 e. The van der Waals surface area contributed by atoms with Crippen LogP contribution in [0.1, 0.15) is 18.0 Å². The Balaban J connectivity index is 2.21. The first-order valence-electron chi connectivity index (χ1n) is 7.08. The van der Waals surface area contributed by atoms with Gasteiger partial charge >= 0.3 is 5.97 Å². The van der Waals surface area contributed by atoms with Gasteiger partial charge in [0.25, 0.3) is 0 Å². The van der Waals surface area contributed by atoms with Crippen LogP contribution >= 0.6 is 0 Å². The van der Waals surface area contributed by atoms with Crippen molar-refractivity contribution in [2.45, 2.75) is 12.5 Å². The molecule has 1 aliphatic heterocycles. The highest BCUT2D eigenvalue weighted by molar-refractivity contribution is 5.94. The third kappa shape index (κ3) is 2.09. The molecule has 0 aliphatic carbocycles. The first kappa shape index (κ1) is 14.4. The van der Waals surface area contributed by atoms with E-state index in [1.807, 2.05) is 36.4 Å². The van der Waals surface area contributed by atoms with Gasteiger partial charge in [-0.15, -0.1) is 0 Å². The van der Waals surface area contributed by atoms with Gasteiger partial charge in [0.1, 0.15) is 5.75 Å². The summed E-state index contributed by atoms with van der Waals surface area (Å²) >= 11 is 0. The lowest BCUT2D eigenvalue weighted by molar-refractivity contribution is -0.142. The summed E-state index contributed by atoms with van der Waals surface area (Å²) in [6.07, 6.45) is 0.0385. The molecule has 1 heterocycles. The van der Waals surface area contributed by atoms with Crippen LogP contribution in [0.15, 0.2) is 36.4 Å². The zero-order valence-corrected chi connectivity index (χ0v) is 12.4. The number of amides is 1. The van der Waals surface area contributed by atoms with Crippen molar-refractivity contribution in [1.82, 2.24) is 4.90 Å². The van der Waals surface area contributed by atoms with E-state index in [2.05, 4.69) is 0 Å². The van der Waals surface area contributed by atoms with Crippen molar-refractivity contribution in [1.29, 1.82) is 0 Å². The number of benzene rings is 2. The maximum atomic E-state index is 12.0. The smallest absolute Gasteiger partial charge is 0.309 e. The van der Waals surface area contributed by atoms with E-state index in [-0.39, 0.29) is 12.3 Å². The molecule has 0 saturated carbocycles. The van der Waals surface area contributed by atoms with E-state index in [1.54, 1.807) is 14.2 Å². The summed E-state index contributed by atoms with van der Waals surface area (Å²) in [5.41, 5.74) is 0.845. The number of carbonyl (C=O) groups excluding carboxylic acids is 1. The van der Waals surface area contributed by atoms with Crippen LogP contribution in [0.5, 0.6) is 5.75 Å². The monoisotopic (exact) mass is 299 g/mol. The number of hydrogen-bond acceptors (Lipinski definition) is 3. The number of hydrogen-bond donors (Lipinski definition) is 1. The first-order chi connectivity index (χ1) is 10.5. The van der Waals surface area contributed by atoms with Gasteiger partial charge in [0.15, 0.2) is 0 Å². The van der Waals surface area contributed by atoms with E-state index >= 15 is 0 Å². The lowest BCUT2D eigenvalue weighted by Gasteiger charge is -2.25. The molecule has 1 saturated heterocycles. The molecule has 2 aromatic rings. The molecule has 22 heavy (non-hydrogen) atoms. The van der Waals surface area contributed by atoms with Gasteiger partial charge in [0, 0.05) is 18.9 Å². The summed E-state index contributed by atoms with van der Waals surface area (Å²) in [4.78, 5) is 25.0. The van der Waals surface area contributed by atoms with Crippen molar-refractivity contribution in [3.05, 3.63) is 42.0 Å². The van der Waals surface area contributed by atoms with Crippen LogP contribution in [0.3, 0.4) is 0 Å². The van der Waals surface area contributed by atoms with Crippen molar-refractivity contribution in [3.63, 3.8) is 0 Å². The van der Waals surface area contributed by atoms with Crippen LogP contribution in [-0.4, -0.2) is 36.0 Å². The molecule has 1 fully saturated rings. The number of aliphatic carboxylic acids is 1. The quantitative estimate of drug-likeness (QED) is 0.945. The maximum Gasteiger partial charge on any atom is 0.309 e. The molecule has 1 aliphatic rings. The number of likely N-dealkylation sites (tertiary alicyclic amines) is 1. The largest absolute Gasteiger partial charge is 0.496 e. The molecule has 2 aromatic carbocycles. The molecule has 0 aromatic heterocycles. The summed E-state index contributed by atoms with van der Waals surface area (Å²) in [6.45, 7) is 0. The molecule has 5 nitrogen and oxygen atoms in total. The Morgan fingerprint density at radius 1 is 1.23 bits per heavy atom. The number of nitrogens with zero attached hydrogens (tertiary/aromatic N) is 1. The molecule has 0 unspecified atom stereocenters. The van der Waals surface area contributed by atoms with Crippen molar-refractivity contribution in [3.8, 4) is 5.75 Å². The summed E-state index contributed by atoms with van der Waals surface area (Å²) in [5.74, 6) is -1.08. The van der Waals surface area contributed by atoms with E-state index in [0.29, 0.717) is 0 Å². The average Bonchev–Trinajstić information content (AvgIpc) is 2.82. The Labute approximate surface area is 128 Å². The third-order valence-electron chi connectivity index (χ3n) is 4.36. The Morgan fingerprint density at radius 2 is 1.91 bits per heavy atom. The molecule has 0 spiro atoms. The molecular weight excluding hydrogens is 282 g/mol. The number of rotatable bonds is 3. The van der Waals surface area contributed by atoms with Crippen molar-refractivity contribution in [2.24, 2.45) is 5.92 Å². The molecule has 3 rings (SSSR count). The van der Waals surface area contributed by atoms with Crippen LogP contribution in [0.4, 0.5) is 0 Å². The predicted molar refractivity (Wildman–Crippen MR) is 81.8 cm³/mol. The number of carbonyl (C=O) groups is 2. The van der Waals surface area contributed by atoms with Gasteiger partial charge in [-0.05, 0) is 17.0 Å². The lowest BCUT2D eigenvalue weighted by Crippen LogP contribution is -2.27. The van der Waals surface area contributed by atoms with Crippen LogP contribution in [0.2, 0.25) is 0 Å². The van der Waals surface area contributed by atoms with Gasteiger partial charge in [-0.3, -0.25) is 9.59 Å². The summed E-state index contributed by atoms with van der Waals surface area (Å²) in [5, 5.41) is 11.3. The molecule has 1 amide bonds. The second kappa shape index (κ2) is 5.33. The van der Waals surface area contributed by atoms with Crippen LogP contribution in [0.25, 0.3) is 10.8 Å². The molecule has 0 radical (unpaired) electrons. The summed E-state index contributed by atoms with van der Waals surface area (Å²) < 4.78 is 5.37. The van der Waals surface area contributed by atoms with Crippen LogP contribution in [0, 0.1) is 5.92 Å². The van der Waals surface area contributed by atoms with Crippen molar-refractivity contribution >= 4 is 22.6 Å². The Hall–Kier alpha value is -2.56. The van der Waals surface area contributed by atoms with Gasteiger partial charge in [0.05, 0.1) is 19.1 Å². The highest BCUT2D eigenvalue weighted by atomic mass is 16.5. The zero-order chi connectivity index (χ0) is 15.9. The number of carboxylic acids is 1. The van der Waals surface area contributed by atoms with E-state index in [1.165, 1.54) is 4.90 Å². The SMILES string of the molecule is COc1ccc([C@@H]2[C@H](C(=O)O)CC(=O)N2C)c2ccccc12. The summed E-state index contributed by atoms with van der Waals surface area (Å²) in [6, 6.07) is 10.9. The normalized spacial score (nSPS) is 21.4. The zero-order valence-electron chi connectivity index (χ0n) is 12.4. The number of ether oxygens (including phenoxy) is 1. The van der Waals surface area contributed by atoms with Gasteiger partial charge in [0.2, 0.25) is 5.91 Å². The molecule has 5 heteroatoms. The van der Waals surface area contributed by atoms with Crippen LogP contribution < -0.4 is 4.74 Å². The minimum absolute atomic E-state index is 0.0385. The maximum absolute atomic E-state index is 12.0. The number of methoxy groups -OCH3 is 1. The topological polar surface area (TPSA) is 66.8 Å². The second-order valence-electron chi connectivity index (χ2n) is 5.50. The molecule has 2 atom stereocenters. The fourth-order valence-corrected chi connectivity index (χ4v) is 3.25. The Bertz CT molecular complexity index is 755. The van der Waals surface area contributed by atoms with Gasteiger partial charge in [-0.1, -0.05) is 30.3 Å². The molecule has 1 N–H and O–H groups in total. The van der Waals surface area contributed by atoms with Gasteiger partial charge < -0.3 is 14.7 Å². The van der Waals surface area contributed by atoms with Gasteiger partial charge in [-0.25, -0.2) is 0 Å². The first-order valence-corrected chi connectivity index (χ1v) is 7.08. The number of carboxylic acid groups (broad SMARTS) is 1. The fraction of sp³-hybridized carbons (Fsp3) is 0.294. The van der Waals surface area contributed by atoms with Gasteiger partial charge in [-0.2, -0.15) is 0 Å². The predicted octanol–water partition coefficient (Wildman–Crippen LogP) is 2.45. The van der Waals surface area contributed by atoms with Crippen molar-refractivity contribution in [2.75, 3.05) is 14.2 Å². The Morgan fingerprint density at radius 3 is 2.55 bits per heavy atom. The molecule has 114 valence electrons.